The van der Waals surface area contributed by atoms with Crippen LogP contribution in [0, 0.1) is 0 Å². The van der Waals surface area contributed by atoms with E-state index in [-0.39, 0.29) is 11.6 Å². The fourth-order valence-corrected chi connectivity index (χ4v) is 3.69. The molecule has 5 aromatic rings. The SMILES string of the molecule is O=C(N/N=C\c1ccccc1)c1cc(-c2ccc(-c3ccccc3)cc2)n(-c2ccccc2)n1. The van der Waals surface area contributed by atoms with E-state index in [1.54, 1.807) is 17.0 Å². The van der Waals surface area contributed by atoms with Crippen LogP contribution >= 0.6 is 0 Å². The Kier molecular flexibility index (Phi) is 6.08. The van der Waals surface area contributed by atoms with Crippen molar-refractivity contribution in [1.29, 1.82) is 0 Å². The number of rotatable bonds is 6. The van der Waals surface area contributed by atoms with Gasteiger partial charge in [0.15, 0.2) is 5.69 Å². The van der Waals surface area contributed by atoms with Gasteiger partial charge in [0.25, 0.3) is 5.91 Å². The normalized spacial score (nSPS) is 10.9. The van der Waals surface area contributed by atoms with Gasteiger partial charge >= 0.3 is 0 Å². The van der Waals surface area contributed by atoms with Crippen LogP contribution < -0.4 is 5.43 Å². The van der Waals surface area contributed by atoms with E-state index in [0.29, 0.717) is 0 Å². The molecule has 1 aromatic heterocycles. The Labute approximate surface area is 198 Å². The fourth-order valence-electron chi connectivity index (χ4n) is 3.69. The summed E-state index contributed by atoms with van der Waals surface area (Å²) < 4.78 is 1.79. The van der Waals surface area contributed by atoms with Crippen LogP contribution in [-0.4, -0.2) is 21.9 Å². The third-order valence-corrected chi connectivity index (χ3v) is 5.41. The van der Waals surface area contributed by atoms with Crippen molar-refractivity contribution in [3.63, 3.8) is 0 Å². The van der Waals surface area contributed by atoms with Crippen LogP contribution in [0.1, 0.15) is 16.1 Å². The highest BCUT2D eigenvalue weighted by Crippen LogP contribution is 2.27. The van der Waals surface area contributed by atoms with E-state index in [2.05, 4.69) is 39.9 Å². The van der Waals surface area contributed by atoms with Crippen molar-refractivity contribution in [3.8, 4) is 28.1 Å². The van der Waals surface area contributed by atoms with Crippen molar-refractivity contribution in [1.82, 2.24) is 15.2 Å². The Morgan fingerprint density at radius 3 is 1.94 bits per heavy atom. The van der Waals surface area contributed by atoms with Gasteiger partial charge in [0, 0.05) is 5.56 Å². The van der Waals surface area contributed by atoms with Crippen molar-refractivity contribution >= 4 is 12.1 Å². The molecule has 0 unspecified atom stereocenters. The average molecular weight is 443 g/mol. The highest BCUT2D eigenvalue weighted by Gasteiger charge is 2.16. The minimum Gasteiger partial charge on any atom is -0.265 e. The molecule has 5 nitrogen and oxygen atoms in total. The summed E-state index contributed by atoms with van der Waals surface area (Å²) in [5, 5.41) is 8.67. The lowest BCUT2D eigenvalue weighted by Crippen LogP contribution is -2.18. The average Bonchev–Trinajstić information content (AvgIpc) is 3.36. The molecule has 164 valence electrons. The summed E-state index contributed by atoms with van der Waals surface area (Å²) in [4.78, 5) is 12.8. The predicted octanol–water partition coefficient (Wildman–Crippen LogP) is 5.97. The first kappa shape index (κ1) is 21.1. The number of carbonyl (C=O) groups is 1. The standard InChI is InChI=1S/C29H22N4O/c34-29(31-30-21-22-10-4-1-5-11-22)27-20-28(33(32-27)26-14-8-3-9-15-26)25-18-16-24(17-19-25)23-12-6-2-7-13-23/h1-21H,(H,31,34)/b30-21-. The van der Waals surface area contributed by atoms with Crippen LogP contribution in [0.4, 0.5) is 0 Å². The molecule has 0 aliphatic carbocycles. The van der Waals surface area contributed by atoms with Gasteiger partial charge in [-0.15, -0.1) is 0 Å². The van der Waals surface area contributed by atoms with Crippen LogP contribution in [0.25, 0.3) is 28.1 Å². The molecule has 0 atom stereocenters. The highest BCUT2D eigenvalue weighted by molar-refractivity contribution is 5.94. The smallest absolute Gasteiger partial charge is 0.265 e. The molecule has 0 fully saturated rings. The summed E-state index contributed by atoms with van der Waals surface area (Å²) in [7, 11) is 0. The van der Waals surface area contributed by atoms with Gasteiger partial charge in [0.2, 0.25) is 0 Å². The van der Waals surface area contributed by atoms with Gasteiger partial charge in [-0.1, -0.05) is 103 Å². The lowest BCUT2D eigenvalue weighted by molar-refractivity contribution is 0.0949. The molecule has 0 aliphatic heterocycles. The number of hydrogen-bond donors (Lipinski definition) is 1. The second kappa shape index (κ2) is 9.79. The van der Waals surface area contributed by atoms with Gasteiger partial charge < -0.3 is 0 Å². The number of hydrazone groups is 1. The van der Waals surface area contributed by atoms with Crippen molar-refractivity contribution < 1.29 is 4.79 Å². The lowest BCUT2D eigenvalue weighted by atomic mass is 10.0. The highest BCUT2D eigenvalue weighted by atomic mass is 16.2. The zero-order valence-electron chi connectivity index (χ0n) is 18.4. The van der Waals surface area contributed by atoms with E-state index in [9.17, 15) is 4.79 Å². The quantitative estimate of drug-likeness (QED) is 0.260. The van der Waals surface area contributed by atoms with Gasteiger partial charge in [-0.05, 0) is 34.9 Å². The molecule has 4 aromatic carbocycles. The monoisotopic (exact) mass is 442 g/mol. The maximum atomic E-state index is 12.8. The number of benzene rings is 4. The molecule has 5 rings (SSSR count). The Bertz CT molecular complexity index is 1410. The zero-order valence-corrected chi connectivity index (χ0v) is 18.4. The summed E-state index contributed by atoms with van der Waals surface area (Å²) in [6, 6.07) is 39.6. The summed E-state index contributed by atoms with van der Waals surface area (Å²) in [5.74, 6) is -0.371. The Morgan fingerprint density at radius 1 is 0.706 bits per heavy atom. The minimum atomic E-state index is -0.371. The lowest BCUT2D eigenvalue weighted by Gasteiger charge is -2.08. The fraction of sp³-hybridized carbons (Fsp3) is 0. The molecule has 0 radical (unpaired) electrons. The summed E-state index contributed by atoms with van der Waals surface area (Å²) in [6.45, 7) is 0. The Hall–Kier alpha value is -4.77. The number of para-hydroxylation sites is 1. The van der Waals surface area contributed by atoms with E-state index >= 15 is 0 Å². The molecule has 0 saturated carbocycles. The van der Waals surface area contributed by atoms with Crippen LogP contribution in [0.15, 0.2) is 126 Å². The molecule has 0 saturated heterocycles. The Morgan fingerprint density at radius 2 is 1.26 bits per heavy atom. The maximum Gasteiger partial charge on any atom is 0.291 e. The first-order valence-corrected chi connectivity index (χ1v) is 11.0. The molecule has 5 heteroatoms. The number of amides is 1. The number of aromatic nitrogens is 2. The third kappa shape index (κ3) is 4.69. The molecule has 1 amide bonds. The number of hydrogen-bond acceptors (Lipinski definition) is 3. The van der Waals surface area contributed by atoms with Crippen LogP contribution in [0.3, 0.4) is 0 Å². The van der Waals surface area contributed by atoms with Crippen LogP contribution in [0.5, 0.6) is 0 Å². The second-order valence-electron chi connectivity index (χ2n) is 7.72. The molecular weight excluding hydrogens is 420 g/mol. The van der Waals surface area contributed by atoms with Crippen LogP contribution in [0.2, 0.25) is 0 Å². The van der Waals surface area contributed by atoms with Crippen molar-refractivity contribution in [2.45, 2.75) is 0 Å². The molecule has 34 heavy (non-hydrogen) atoms. The summed E-state index contributed by atoms with van der Waals surface area (Å²) in [6.07, 6.45) is 1.61. The van der Waals surface area contributed by atoms with Crippen molar-refractivity contribution in [2.24, 2.45) is 5.10 Å². The number of carbonyl (C=O) groups excluding carboxylic acids is 1. The first-order valence-electron chi connectivity index (χ1n) is 11.0. The summed E-state index contributed by atoms with van der Waals surface area (Å²) in [5.41, 5.74) is 8.70. The minimum absolute atomic E-state index is 0.288. The number of nitrogens with one attached hydrogen (secondary N) is 1. The second-order valence-corrected chi connectivity index (χ2v) is 7.72. The molecule has 1 N–H and O–H groups in total. The van der Waals surface area contributed by atoms with E-state index in [4.69, 9.17) is 0 Å². The van der Waals surface area contributed by atoms with Gasteiger partial charge in [-0.25, -0.2) is 10.1 Å². The number of nitrogens with zero attached hydrogens (tertiary/aromatic N) is 3. The largest absolute Gasteiger partial charge is 0.291 e. The zero-order chi connectivity index (χ0) is 23.2. The molecule has 0 aliphatic rings. The van der Waals surface area contributed by atoms with E-state index < -0.39 is 0 Å². The summed E-state index contributed by atoms with van der Waals surface area (Å²) >= 11 is 0. The van der Waals surface area contributed by atoms with Crippen molar-refractivity contribution in [2.75, 3.05) is 0 Å². The maximum absolute atomic E-state index is 12.8. The van der Waals surface area contributed by atoms with Gasteiger partial charge in [-0.2, -0.15) is 10.2 Å². The Balaban J connectivity index is 1.45. The van der Waals surface area contributed by atoms with Crippen LogP contribution in [-0.2, 0) is 0 Å². The van der Waals surface area contributed by atoms with Gasteiger partial charge in [0.05, 0.1) is 17.6 Å². The van der Waals surface area contributed by atoms with Crippen molar-refractivity contribution in [3.05, 3.63) is 133 Å². The molecular formula is C29H22N4O. The van der Waals surface area contributed by atoms with Gasteiger partial charge in [-0.3, -0.25) is 4.79 Å². The molecule has 1 heterocycles. The van der Waals surface area contributed by atoms with Gasteiger partial charge in [0.1, 0.15) is 0 Å². The first-order chi connectivity index (χ1) is 16.8. The topological polar surface area (TPSA) is 59.3 Å². The third-order valence-electron chi connectivity index (χ3n) is 5.41. The van der Waals surface area contributed by atoms with E-state index in [1.807, 2.05) is 91.0 Å². The van der Waals surface area contributed by atoms with E-state index in [0.717, 1.165) is 33.6 Å². The predicted molar refractivity (Wildman–Crippen MR) is 136 cm³/mol. The molecule has 0 bridgehead atoms. The molecule has 0 spiro atoms. The van der Waals surface area contributed by atoms with E-state index in [1.165, 1.54) is 0 Å².